The number of thiol groups is 1. The molecule has 0 radical (unpaired) electrons. The molecular weight excluding hydrogens is 967 g/mol. The summed E-state index contributed by atoms with van der Waals surface area (Å²) in [6, 6.07) is 34.6. The van der Waals surface area contributed by atoms with Crippen molar-refractivity contribution in [2.45, 2.75) is 115 Å². The topological polar surface area (TPSA) is 58.6 Å². The number of fused-ring (bicyclic) bond motifs is 2. The molecule has 0 unspecified atom stereocenters. The van der Waals surface area contributed by atoms with Crippen LogP contribution in [-0.2, 0) is 0 Å². The molecule has 6 aromatic rings. The summed E-state index contributed by atoms with van der Waals surface area (Å²) in [4.78, 5) is 5.78. The van der Waals surface area contributed by atoms with Gasteiger partial charge in [0.15, 0.2) is 0 Å². The molecular formula is C66H69NO6S2. The minimum absolute atomic E-state index is 0.492. The average Bonchev–Trinajstić information content (AvgIpc) is 3.43. The van der Waals surface area contributed by atoms with Gasteiger partial charge in [0.2, 0.25) is 0 Å². The normalized spacial score (nSPS) is 11.0. The Labute approximate surface area is 456 Å². The second kappa shape index (κ2) is 29.1. The summed E-state index contributed by atoms with van der Waals surface area (Å²) in [5.74, 6) is 31.0. The largest absolute Gasteiger partial charge is 0.492 e. The van der Waals surface area contributed by atoms with Crippen molar-refractivity contribution in [2.24, 2.45) is 0 Å². The van der Waals surface area contributed by atoms with Crippen molar-refractivity contribution in [3.63, 3.8) is 0 Å². The van der Waals surface area contributed by atoms with Crippen LogP contribution in [0, 0.1) is 47.4 Å². The van der Waals surface area contributed by atoms with Crippen LogP contribution in [0.1, 0.15) is 144 Å². The molecule has 0 saturated heterocycles. The van der Waals surface area contributed by atoms with Crippen molar-refractivity contribution in [2.75, 3.05) is 51.1 Å². The number of rotatable bonds is 21. The summed E-state index contributed by atoms with van der Waals surface area (Å²) < 4.78 is 38.2. The molecule has 386 valence electrons. The van der Waals surface area contributed by atoms with Gasteiger partial charge in [0.05, 0.1) is 84.4 Å². The van der Waals surface area contributed by atoms with Crippen molar-refractivity contribution < 1.29 is 28.4 Å². The van der Waals surface area contributed by atoms with E-state index in [2.05, 4.69) is 156 Å². The smallest absolute Gasteiger partial charge is 0.136 e. The molecule has 0 N–H and O–H groups in total. The fraction of sp³-hybridized carbons (Fsp3) is 0.333. The van der Waals surface area contributed by atoms with Gasteiger partial charge >= 0.3 is 0 Å². The van der Waals surface area contributed by atoms with Gasteiger partial charge in [0.25, 0.3) is 0 Å². The molecule has 0 spiro atoms. The van der Waals surface area contributed by atoms with Gasteiger partial charge in [0.1, 0.15) is 34.5 Å². The Balaban J connectivity index is 1.27. The summed E-state index contributed by atoms with van der Waals surface area (Å²) in [6.07, 6.45) is 7.18. The van der Waals surface area contributed by atoms with Crippen LogP contribution >= 0.6 is 24.4 Å². The van der Waals surface area contributed by atoms with Crippen molar-refractivity contribution >= 4 is 35.8 Å². The lowest BCUT2D eigenvalue weighted by molar-refractivity contribution is 0.307. The minimum atomic E-state index is 0.492. The van der Waals surface area contributed by atoms with E-state index in [0.29, 0.717) is 96.4 Å². The summed E-state index contributed by atoms with van der Waals surface area (Å²) >= 11 is 6.23. The standard InChI is InChI=1S/C66H69NO6S2/c1-8-15-34-67-57-18-16-17-19-65(57)75-66-41-49(24-33-58(66)67)21-26-51-43-62(71-38-12-5)53(45-60(51)69-36-10-3)28-30-55-47-63(72-39-13-6)54(46-64(55)73-40-14-7)29-27-52-44-59(68-35-9-2)50(42-61(52)70-37-11-4)25-20-48-22-31-56(74)32-23-48/h16-19,22-24,31-33,41-47,74H,8-15,34-40H2,1-7H3. The second-order valence-electron chi connectivity index (χ2n) is 17.9. The molecule has 0 bridgehead atoms. The van der Waals surface area contributed by atoms with E-state index in [1.54, 1.807) is 11.8 Å². The van der Waals surface area contributed by atoms with Gasteiger partial charge in [0, 0.05) is 68.8 Å². The van der Waals surface area contributed by atoms with Gasteiger partial charge in [-0.3, -0.25) is 0 Å². The first-order chi connectivity index (χ1) is 36.8. The predicted molar refractivity (Wildman–Crippen MR) is 311 cm³/mol. The Bertz CT molecular complexity index is 3150. The molecule has 0 fully saturated rings. The number of benzene rings is 6. The lowest BCUT2D eigenvalue weighted by Gasteiger charge is -2.32. The van der Waals surface area contributed by atoms with Crippen LogP contribution in [0.3, 0.4) is 0 Å². The Morgan fingerprint density at radius 2 is 0.720 bits per heavy atom. The molecule has 1 aliphatic heterocycles. The number of nitrogens with zero attached hydrogens (tertiary/aromatic N) is 1. The summed E-state index contributed by atoms with van der Waals surface area (Å²) in [7, 11) is 0. The summed E-state index contributed by atoms with van der Waals surface area (Å²) in [5.41, 5.74) is 8.43. The number of unbranched alkanes of at least 4 members (excludes halogenated alkanes) is 1. The first-order valence-electron chi connectivity index (χ1n) is 26.7. The van der Waals surface area contributed by atoms with Crippen LogP contribution < -0.4 is 33.3 Å². The van der Waals surface area contributed by atoms with Gasteiger partial charge in [-0.05, 0) is 99.5 Å². The van der Waals surface area contributed by atoms with Crippen molar-refractivity contribution in [1.29, 1.82) is 0 Å². The Morgan fingerprint density at radius 3 is 1.11 bits per heavy atom. The van der Waals surface area contributed by atoms with Crippen molar-refractivity contribution in [3.8, 4) is 81.9 Å². The van der Waals surface area contributed by atoms with Crippen molar-refractivity contribution in [3.05, 3.63) is 148 Å². The molecule has 0 saturated carbocycles. The third kappa shape index (κ3) is 15.5. The van der Waals surface area contributed by atoms with E-state index in [0.717, 1.165) is 85.1 Å². The van der Waals surface area contributed by atoms with Crippen LogP contribution in [0.2, 0.25) is 0 Å². The van der Waals surface area contributed by atoms with Gasteiger partial charge < -0.3 is 33.3 Å². The Hall–Kier alpha value is -7.14. The fourth-order valence-electron chi connectivity index (χ4n) is 7.82. The molecule has 75 heavy (non-hydrogen) atoms. The zero-order valence-corrected chi connectivity index (χ0v) is 46.4. The number of para-hydroxylation sites is 1. The Morgan fingerprint density at radius 1 is 0.373 bits per heavy atom. The van der Waals surface area contributed by atoms with Gasteiger partial charge in [-0.15, -0.1) is 12.6 Å². The molecule has 0 aliphatic carbocycles. The molecule has 1 heterocycles. The fourth-order valence-corrected chi connectivity index (χ4v) is 9.10. The maximum absolute atomic E-state index is 6.42. The van der Waals surface area contributed by atoms with Crippen molar-refractivity contribution in [1.82, 2.24) is 0 Å². The highest BCUT2D eigenvalue weighted by molar-refractivity contribution is 7.99. The van der Waals surface area contributed by atoms with E-state index >= 15 is 0 Å². The number of hydrogen-bond donors (Lipinski definition) is 1. The van der Waals surface area contributed by atoms with Crippen LogP contribution in [0.4, 0.5) is 11.4 Å². The Kier molecular flexibility index (Phi) is 21.6. The lowest BCUT2D eigenvalue weighted by atomic mass is 10.0. The molecule has 0 amide bonds. The van der Waals surface area contributed by atoms with Gasteiger partial charge in [-0.25, -0.2) is 0 Å². The minimum Gasteiger partial charge on any atom is -0.492 e. The highest BCUT2D eigenvalue weighted by Gasteiger charge is 2.23. The monoisotopic (exact) mass is 1040 g/mol. The predicted octanol–water partition coefficient (Wildman–Crippen LogP) is 15.7. The van der Waals surface area contributed by atoms with Crippen LogP contribution in [-0.4, -0.2) is 46.2 Å². The maximum Gasteiger partial charge on any atom is 0.136 e. The molecule has 0 atom stereocenters. The quantitative estimate of drug-likeness (QED) is 0.0565. The zero-order chi connectivity index (χ0) is 52.8. The van der Waals surface area contributed by atoms with Crippen LogP contribution in [0.15, 0.2) is 118 Å². The molecule has 6 aromatic carbocycles. The first-order valence-corrected chi connectivity index (χ1v) is 27.9. The molecule has 7 rings (SSSR count). The summed E-state index contributed by atoms with van der Waals surface area (Å²) in [6.45, 7) is 18.8. The van der Waals surface area contributed by atoms with Gasteiger partial charge in [-0.1, -0.05) is 126 Å². The highest BCUT2D eigenvalue weighted by atomic mass is 32.2. The zero-order valence-electron chi connectivity index (χ0n) is 44.7. The maximum atomic E-state index is 6.42. The molecule has 0 aromatic heterocycles. The molecule has 1 aliphatic rings. The SMILES string of the molecule is CCCCN1c2ccccc2Sc2cc(C#Cc3cc(OCCC)c(C#Cc4cc(OCCC)c(C#Cc5cc(OCCC)c(C#Cc6ccc(S)cc6)cc5OCCC)cc4OCCC)cc3OCCC)ccc21. The average molecular weight is 1040 g/mol. The molecule has 9 heteroatoms. The third-order valence-corrected chi connectivity index (χ3v) is 13.0. The highest BCUT2D eigenvalue weighted by Crippen LogP contribution is 2.48. The van der Waals surface area contributed by atoms with E-state index in [1.807, 2.05) is 60.7 Å². The second-order valence-corrected chi connectivity index (χ2v) is 19.5. The van der Waals surface area contributed by atoms with E-state index in [1.165, 1.54) is 21.2 Å². The van der Waals surface area contributed by atoms with E-state index in [4.69, 9.17) is 28.4 Å². The number of ether oxygens (including phenoxy) is 6. The lowest BCUT2D eigenvalue weighted by Crippen LogP contribution is -2.21. The van der Waals surface area contributed by atoms with E-state index in [9.17, 15) is 0 Å². The third-order valence-electron chi connectivity index (χ3n) is 11.6. The summed E-state index contributed by atoms with van der Waals surface area (Å²) in [5, 5.41) is 0. The van der Waals surface area contributed by atoms with Crippen LogP contribution in [0.25, 0.3) is 0 Å². The van der Waals surface area contributed by atoms with E-state index < -0.39 is 0 Å². The molecule has 7 nitrogen and oxygen atoms in total. The number of hydrogen-bond acceptors (Lipinski definition) is 9. The van der Waals surface area contributed by atoms with Crippen LogP contribution in [0.5, 0.6) is 34.5 Å². The van der Waals surface area contributed by atoms with Gasteiger partial charge in [-0.2, -0.15) is 0 Å². The first kappa shape index (κ1) is 55.6. The number of anilines is 2. The van der Waals surface area contributed by atoms with E-state index in [-0.39, 0.29) is 0 Å².